The van der Waals surface area contributed by atoms with Gasteiger partial charge in [0.15, 0.2) is 5.52 Å². The highest BCUT2D eigenvalue weighted by atomic mass is 32.1. The lowest BCUT2D eigenvalue weighted by Crippen LogP contribution is -2.34. The van der Waals surface area contributed by atoms with Crippen molar-refractivity contribution in [3.63, 3.8) is 0 Å². The van der Waals surface area contributed by atoms with Crippen LogP contribution in [-0.2, 0) is 4.79 Å². The van der Waals surface area contributed by atoms with Crippen LogP contribution in [0.1, 0.15) is 13.8 Å². The van der Waals surface area contributed by atoms with Crippen LogP contribution in [0.25, 0.3) is 11.0 Å². The van der Waals surface area contributed by atoms with E-state index in [-0.39, 0.29) is 22.8 Å². The van der Waals surface area contributed by atoms with Crippen LogP contribution in [0.15, 0.2) is 12.1 Å². The number of aromatic nitrogens is 2. The Hall–Kier alpha value is -2.29. The molecule has 0 spiro atoms. The molecule has 1 heterocycles. The monoisotopic (exact) mass is 296 g/mol. The van der Waals surface area contributed by atoms with Crippen molar-refractivity contribution in [2.45, 2.75) is 19.9 Å². The number of anilines is 1. The second-order valence-electron chi connectivity index (χ2n) is 4.56. The normalized spacial score (nSPS) is 12.6. The summed E-state index contributed by atoms with van der Waals surface area (Å²) < 4.78 is 7.83. The maximum absolute atomic E-state index is 11.2. The lowest BCUT2D eigenvalue weighted by Gasteiger charge is -2.18. The van der Waals surface area contributed by atoms with Crippen LogP contribution < -0.4 is 5.32 Å². The molecule has 1 aromatic heterocycles. The summed E-state index contributed by atoms with van der Waals surface area (Å²) in [6, 6.07) is 2.12. The van der Waals surface area contributed by atoms with Crippen LogP contribution in [0.2, 0.25) is 0 Å². The van der Waals surface area contributed by atoms with Gasteiger partial charge in [-0.2, -0.15) is 8.75 Å². The van der Waals surface area contributed by atoms with Crippen molar-refractivity contribution in [1.82, 2.24) is 8.75 Å². The first-order valence-corrected chi connectivity index (χ1v) is 6.54. The highest BCUT2D eigenvalue weighted by molar-refractivity contribution is 7.00. The van der Waals surface area contributed by atoms with E-state index in [1.165, 1.54) is 6.07 Å². The molecule has 8 nitrogen and oxygen atoms in total. The summed E-state index contributed by atoms with van der Waals surface area (Å²) in [6.45, 7) is 3.45. The number of nitrogens with zero attached hydrogens (tertiary/aromatic N) is 3. The number of benzene rings is 1. The average molecular weight is 296 g/mol. The molecule has 0 amide bonds. The Morgan fingerprint density at radius 1 is 1.45 bits per heavy atom. The summed E-state index contributed by atoms with van der Waals surface area (Å²) in [6.07, 6.45) is 0. The molecule has 2 N–H and O–H groups in total. The SMILES string of the molecule is CC(C)[C@H](Nc1ccc2nsnc2c1[N+](=O)[O-])C(=O)O. The Morgan fingerprint density at radius 2 is 2.15 bits per heavy atom. The van der Waals surface area contributed by atoms with Gasteiger partial charge in [-0.3, -0.25) is 10.1 Å². The summed E-state index contributed by atoms with van der Waals surface area (Å²) >= 11 is 0.876. The number of carboxylic acids is 1. The van der Waals surface area contributed by atoms with Crippen LogP contribution >= 0.6 is 11.7 Å². The summed E-state index contributed by atoms with van der Waals surface area (Å²) in [4.78, 5) is 21.8. The fourth-order valence-electron chi connectivity index (χ4n) is 1.82. The van der Waals surface area contributed by atoms with E-state index in [1.54, 1.807) is 19.9 Å². The van der Waals surface area contributed by atoms with Crippen molar-refractivity contribution in [3.05, 3.63) is 22.2 Å². The van der Waals surface area contributed by atoms with E-state index in [2.05, 4.69) is 14.1 Å². The number of hydrogen-bond donors (Lipinski definition) is 2. The standard InChI is InChI=1S/C11H12N4O4S/c1-5(2)8(11(16)17)12-7-4-3-6-9(14-20-13-6)10(7)15(18)19/h3-5,8,12H,1-2H3,(H,16,17)/t8-/m0/s1. The molecule has 2 rings (SSSR count). The predicted octanol–water partition coefficient (Wildman–Crippen LogP) is 2.12. The Morgan fingerprint density at radius 3 is 2.70 bits per heavy atom. The van der Waals surface area contributed by atoms with Gasteiger partial charge in [0.2, 0.25) is 0 Å². The molecule has 0 saturated heterocycles. The molecule has 0 saturated carbocycles. The molecule has 0 aliphatic rings. The number of aliphatic carboxylic acids is 1. The minimum atomic E-state index is -1.06. The molecule has 0 aliphatic heterocycles. The maximum Gasteiger partial charge on any atom is 0.326 e. The van der Waals surface area contributed by atoms with Gasteiger partial charge < -0.3 is 10.4 Å². The van der Waals surface area contributed by atoms with Gasteiger partial charge in [0.05, 0.1) is 16.7 Å². The summed E-state index contributed by atoms with van der Waals surface area (Å²) in [5, 5.41) is 23.1. The third-order valence-corrected chi connectivity index (χ3v) is 3.37. The summed E-state index contributed by atoms with van der Waals surface area (Å²) in [5.41, 5.74) is 0.473. The van der Waals surface area contributed by atoms with Gasteiger partial charge in [-0.15, -0.1) is 0 Å². The molecule has 0 bridgehead atoms. The quantitative estimate of drug-likeness (QED) is 0.640. The first kappa shape index (κ1) is 14.1. The predicted molar refractivity (Wildman–Crippen MR) is 74.0 cm³/mol. The van der Waals surface area contributed by atoms with E-state index in [4.69, 9.17) is 5.11 Å². The second kappa shape index (κ2) is 5.37. The van der Waals surface area contributed by atoms with E-state index in [9.17, 15) is 14.9 Å². The Bertz CT molecular complexity index is 669. The smallest absolute Gasteiger partial charge is 0.326 e. The van der Waals surface area contributed by atoms with Gasteiger partial charge in [-0.1, -0.05) is 13.8 Å². The zero-order chi connectivity index (χ0) is 14.9. The zero-order valence-corrected chi connectivity index (χ0v) is 11.5. The highest BCUT2D eigenvalue weighted by Gasteiger charge is 2.27. The van der Waals surface area contributed by atoms with Gasteiger partial charge in [-0.25, -0.2) is 4.79 Å². The van der Waals surface area contributed by atoms with Crippen molar-refractivity contribution in [1.29, 1.82) is 0 Å². The molecule has 1 aromatic carbocycles. The molecule has 20 heavy (non-hydrogen) atoms. The van der Waals surface area contributed by atoms with E-state index >= 15 is 0 Å². The highest BCUT2D eigenvalue weighted by Crippen LogP contribution is 2.33. The van der Waals surface area contributed by atoms with E-state index in [0.29, 0.717) is 5.52 Å². The van der Waals surface area contributed by atoms with Gasteiger partial charge in [0.25, 0.3) is 0 Å². The third-order valence-electron chi connectivity index (χ3n) is 2.83. The van der Waals surface area contributed by atoms with E-state index in [1.807, 2.05) is 0 Å². The zero-order valence-electron chi connectivity index (χ0n) is 10.7. The first-order valence-electron chi connectivity index (χ1n) is 5.80. The molecule has 0 radical (unpaired) electrons. The molecule has 1 atom stereocenters. The number of nitro groups is 1. The van der Waals surface area contributed by atoms with Crippen molar-refractivity contribution in [2.75, 3.05) is 5.32 Å². The van der Waals surface area contributed by atoms with Crippen molar-refractivity contribution < 1.29 is 14.8 Å². The second-order valence-corrected chi connectivity index (χ2v) is 5.08. The molecule has 0 aliphatic carbocycles. The minimum Gasteiger partial charge on any atom is -0.480 e. The molecule has 9 heteroatoms. The molecule has 2 aromatic rings. The number of rotatable bonds is 5. The van der Waals surface area contributed by atoms with Crippen LogP contribution in [0, 0.1) is 16.0 Å². The number of nitro benzene ring substituents is 1. The largest absolute Gasteiger partial charge is 0.480 e. The molecule has 0 fully saturated rings. The summed E-state index contributed by atoms with van der Waals surface area (Å²) in [5.74, 6) is -1.29. The minimum absolute atomic E-state index is 0.135. The van der Waals surface area contributed by atoms with Gasteiger partial charge in [-0.05, 0) is 18.1 Å². The molecule has 106 valence electrons. The first-order chi connectivity index (χ1) is 9.41. The number of nitrogens with one attached hydrogen (secondary N) is 1. The molecular weight excluding hydrogens is 284 g/mol. The fraction of sp³-hybridized carbons (Fsp3) is 0.364. The van der Waals surface area contributed by atoms with Crippen molar-refractivity contribution >= 4 is 40.1 Å². The fourth-order valence-corrected chi connectivity index (χ4v) is 2.36. The number of hydrogen-bond acceptors (Lipinski definition) is 7. The summed E-state index contributed by atoms with van der Waals surface area (Å²) in [7, 11) is 0. The Balaban J connectivity index is 2.50. The number of carbonyl (C=O) groups is 1. The van der Waals surface area contributed by atoms with Gasteiger partial charge in [0, 0.05) is 0 Å². The van der Waals surface area contributed by atoms with Crippen LogP contribution in [0.5, 0.6) is 0 Å². The third kappa shape index (κ3) is 2.52. The Labute approximate surface area is 117 Å². The Kier molecular flexibility index (Phi) is 3.79. The topological polar surface area (TPSA) is 118 Å². The maximum atomic E-state index is 11.2. The van der Waals surface area contributed by atoms with Crippen LogP contribution in [0.3, 0.4) is 0 Å². The van der Waals surface area contributed by atoms with Crippen LogP contribution in [-0.4, -0.2) is 30.8 Å². The van der Waals surface area contributed by atoms with Gasteiger partial charge >= 0.3 is 11.7 Å². The van der Waals surface area contributed by atoms with E-state index < -0.39 is 16.9 Å². The molecule has 0 unspecified atom stereocenters. The van der Waals surface area contributed by atoms with Crippen molar-refractivity contribution in [3.8, 4) is 0 Å². The number of fused-ring (bicyclic) bond motifs is 1. The van der Waals surface area contributed by atoms with Gasteiger partial charge in [0.1, 0.15) is 17.2 Å². The van der Waals surface area contributed by atoms with Crippen molar-refractivity contribution in [2.24, 2.45) is 5.92 Å². The lowest BCUT2D eigenvalue weighted by atomic mass is 10.0. The van der Waals surface area contributed by atoms with Crippen LogP contribution in [0.4, 0.5) is 11.4 Å². The lowest BCUT2D eigenvalue weighted by molar-refractivity contribution is -0.382. The number of carboxylic acid groups (broad SMARTS) is 1. The van der Waals surface area contributed by atoms with E-state index in [0.717, 1.165) is 11.7 Å². The average Bonchev–Trinajstić information content (AvgIpc) is 2.81. The molecular formula is C11H12N4O4S.